The largest absolute Gasteiger partial charge is 0.457 e. The van der Waals surface area contributed by atoms with E-state index in [-0.39, 0.29) is 5.91 Å². The predicted molar refractivity (Wildman–Crippen MR) is 123 cm³/mol. The van der Waals surface area contributed by atoms with Crippen molar-refractivity contribution in [2.75, 3.05) is 20.1 Å². The molecule has 1 heterocycles. The molecule has 1 aliphatic rings. The van der Waals surface area contributed by atoms with E-state index in [4.69, 9.17) is 4.74 Å². The molecule has 0 bridgehead atoms. The summed E-state index contributed by atoms with van der Waals surface area (Å²) in [6.45, 7) is 3.93. The van der Waals surface area contributed by atoms with Crippen LogP contribution in [0.5, 0.6) is 11.5 Å². The van der Waals surface area contributed by atoms with Crippen molar-refractivity contribution in [2.45, 2.75) is 25.9 Å². The van der Waals surface area contributed by atoms with Gasteiger partial charge in [-0.25, -0.2) is 4.99 Å². The molecule has 1 fully saturated rings. The monoisotopic (exact) mass is 454 g/mol. The Morgan fingerprint density at radius 1 is 1.03 bits per heavy atom. The first-order valence-corrected chi connectivity index (χ1v) is 10.9. The van der Waals surface area contributed by atoms with E-state index in [0.29, 0.717) is 23.0 Å². The Bertz CT molecular complexity index is 1180. The van der Waals surface area contributed by atoms with Crippen LogP contribution >= 0.6 is 0 Å². The fraction of sp³-hybridized carbons (Fsp3) is 0.308. The molecular weight excluding hydrogens is 429 g/mol. The minimum atomic E-state index is -4.39. The highest BCUT2D eigenvalue weighted by atomic mass is 19.4. The SMILES string of the molecule is CC(=NC(=O)c1ccc2c(Oc3ccc(C(F)(F)F)cc3)cccc2c1)C1CCN(C)CC1. The first-order valence-electron chi connectivity index (χ1n) is 10.9. The van der Waals surface area contributed by atoms with Crippen molar-refractivity contribution in [3.63, 3.8) is 0 Å². The number of halogens is 3. The second-order valence-corrected chi connectivity index (χ2v) is 8.45. The standard InChI is InChI=1S/C26H25F3N2O2/c1-17(18-12-14-31(2)15-13-18)30-25(32)20-6-11-23-19(16-20)4-3-5-24(23)33-22-9-7-21(8-10-22)26(27,28)29/h3-11,16,18H,12-15H2,1-2H3. The van der Waals surface area contributed by atoms with Crippen molar-refractivity contribution in [1.82, 2.24) is 4.90 Å². The molecule has 0 atom stereocenters. The van der Waals surface area contributed by atoms with Crippen LogP contribution in [-0.4, -0.2) is 36.7 Å². The van der Waals surface area contributed by atoms with Crippen molar-refractivity contribution < 1.29 is 22.7 Å². The smallest absolute Gasteiger partial charge is 0.416 e. The number of likely N-dealkylation sites (tertiary alicyclic amines) is 1. The Balaban J connectivity index is 1.53. The molecule has 4 rings (SSSR count). The van der Waals surface area contributed by atoms with Crippen LogP contribution in [0.4, 0.5) is 13.2 Å². The van der Waals surface area contributed by atoms with E-state index in [9.17, 15) is 18.0 Å². The molecule has 0 unspecified atom stereocenters. The zero-order chi connectivity index (χ0) is 23.6. The lowest BCUT2D eigenvalue weighted by atomic mass is 9.93. The Hall–Kier alpha value is -3.19. The molecule has 1 saturated heterocycles. The van der Waals surface area contributed by atoms with Gasteiger partial charge in [-0.2, -0.15) is 13.2 Å². The van der Waals surface area contributed by atoms with Gasteiger partial charge in [0.05, 0.1) is 5.56 Å². The number of hydrogen-bond acceptors (Lipinski definition) is 3. The average molecular weight is 454 g/mol. The molecule has 1 amide bonds. The molecular formula is C26H25F3N2O2. The topological polar surface area (TPSA) is 41.9 Å². The van der Waals surface area contributed by atoms with E-state index in [0.717, 1.165) is 54.5 Å². The van der Waals surface area contributed by atoms with E-state index >= 15 is 0 Å². The molecule has 172 valence electrons. The minimum absolute atomic E-state index is 0.276. The zero-order valence-corrected chi connectivity index (χ0v) is 18.5. The first-order chi connectivity index (χ1) is 15.7. The molecule has 0 aliphatic carbocycles. The maximum Gasteiger partial charge on any atom is 0.416 e. The van der Waals surface area contributed by atoms with Crippen LogP contribution in [0.1, 0.15) is 35.7 Å². The summed E-state index contributed by atoms with van der Waals surface area (Å²) < 4.78 is 44.2. The van der Waals surface area contributed by atoms with Gasteiger partial charge in [-0.3, -0.25) is 4.79 Å². The molecule has 3 aromatic rings. The van der Waals surface area contributed by atoms with Gasteiger partial charge in [0, 0.05) is 16.7 Å². The highest BCUT2D eigenvalue weighted by Crippen LogP contribution is 2.34. The number of piperidine rings is 1. The van der Waals surface area contributed by atoms with Crippen LogP contribution in [0.2, 0.25) is 0 Å². The highest BCUT2D eigenvalue weighted by Gasteiger charge is 2.30. The summed E-state index contributed by atoms with van der Waals surface area (Å²) in [5.41, 5.74) is 0.626. The fourth-order valence-corrected chi connectivity index (χ4v) is 4.06. The molecule has 4 nitrogen and oxygen atoms in total. The number of hydrogen-bond donors (Lipinski definition) is 0. The molecule has 0 radical (unpaired) electrons. The minimum Gasteiger partial charge on any atom is -0.457 e. The summed E-state index contributed by atoms with van der Waals surface area (Å²) >= 11 is 0. The van der Waals surface area contributed by atoms with Gasteiger partial charge in [-0.05, 0) is 99.7 Å². The number of aliphatic imine (C=N–C) groups is 1. The molecule has 0 spiro atoms. The van der Waals surface area contributed by atoms with Crippen LogP contribution in [0.25, 0.3) is 10.8 Å². The maximum atomic E-state index is 12.8. The van der Waals surface area contributed by atoms with E-state index in [1.54, 1.807) is 30.3 Å². The number of alkyl halides is 3. The highest BCUT2D eigenvalue weighted by molar-refractivity contribution is 6.06. The van der Waals surface area contributed by atoms with Crippen molar-refractivity contribution in [3.8, 4) is 11.5 Å². The third-order valence-corrected chi connectivity index (χ3v) is 6.08. The maximum absolute atomic E-state index is 12.8. The molecule has 33 heavy (non-hydrogen) atoms. The van der Waals surface area contributed by atoms with Crippen LogP contribution in [-0.2, 0) is 6.18 Å². The van der Waals surface area contributed by atoms with Crippen molar-refractivity contribution in [1.29, 1.82) is 0 Å². The second kappa shape index (κ2) is 9.35. The molecule has 0 saturated carbocycles. The van der Waals surface area contributed by atoms with E-state index in [1.165, 1.54) is 12.1 Å². The first kappa shape index (κ1) is 23.0. The van der Waals surface area contributed by atoms with E-state index < -0.39 is 11.7 Å². The van der Waals surface area contributed by atoms with Crippen molar-refractivity contribution >= 4 is 22.4 Å². The van der Waals surface area contributed by atoms with Gasteiger partial charge >= 0.3 is 6.18 Å². The summed E-state index contributed by atoms with van der Waals surface area (Å²) in [6, 6.07) is 15.2. The zero-order valence-electron chi connectivity index (χ0n) is 18.5. The Morgan fingerprint density at radius 2 is 1.73 bits per heavy atom. The predicted octanol–water partition coefficient (Wildman–Crippen LogP) is 6.59. The van der Waals surface area contributed by atoms with Gasteiger partial charge in [0.2, 0.25) is 0 Å². The molecule has 3 aromatic carbocycles. The van der Waals surface area contributed by atoms with Gasteiger partial charge < -0.3 is 9.64 Å². The number of nitrogens with zero attached hydrogens (tertiary/aromatic N) is 2. The van der Waals surface area contributed by atoms with Crippen LogP contribution in [0, 0.1) is 5.92 Å². The Kier molecular flexibility index (Phi) is 6.51. The van der Waals surface area contributed by atoms with Gasteiger partial charge in [0.15, 0.2) is 0 Å². The Morgan fingerprint density at radius 3 is 2.39 bits per heavy atom. The summed E-state index contributed by atoms with van der Waals surface area (Å²) in [5.74, 6) is 0.850. The van der Waals surface area contributed by atoms with Gasteiger partial charge in [0.1, 0.15) is 11.5 Å². The summed E-state index contributed by atoms with van der Waals surface area (Å²) in [6.07, 6.45) is -2.39. The van der Waals surface area contributed by atoms with Gasteiger partial charge in [-0.15, -0.1) is 0 Å². The van der Waals surface area contributed by atoms with Crippen LogP contribution in [0.3, 0.4) is 0 Å². The third-order valence-electron chi connectivity index (χ3n) is 6.08. The van der Waals surface area contributed by atoms with E-state index in [2.05, 4.69) is 16.9 Å². The molecule has 0 N–H and O–H groups in total. The lowest BCUT2D eigenvalue weighted by Crippen LogP contribution is -2.33. The fourth-order valence-electron chi connectivity index (χ4n) is 4.06. The van der Waals surface area contributed by atoms with E-state index in [1.807, 2.05) is 13.0 Å². The number of carbonyl (C=O) groups excluding carboxylic acids is 1. The lowest BCUT2D eigenvalue weighted by molar-refractivity contribution is -0.137. The number of rotatable bonds is 4. The normalized spacial score (nSPS) is 16.2. The van der Waals surface area contributed by atoms with Gasteiger partial charge in [0.25, 0.3) is 5.91 Å². The number of benzene rings is 3. The summed E-state index contributed by atoms with van der Waals surface area (Å²) in [7, 11) is 2.10. The van der Waals surface area contributed by atoms with Crippen LogP contribution < -0.4 is 4.74 Å². The number of carbonyl (C=O) groups is 1. The number of fused-ring (bicyclic) bond motifs is 1. The molecule has 0 aromatic heterocycles. The third kappa shape index (κ3) is 5.42. The van der Waals surface area contributed by atoms with Crippen molar-refractivity contribution in [2.24, 2.45) is 10.9 Å². The van der Waals surface area contributed by atoms with Gasteiger partial charge in [-0.1, -0.05) is 12.1 Å². The van der Waals surface area contributed by atoms with Crippen LogP contribution in [0.15, 0.2) is 65.7 Å². The summed E-state index contributed by atoms with van der Waals surface area (Å²) in [4.78, 5) is 19.4. The summed E-state index contributed by atoms with van der Waals surface area (Å²) in [5, 5.41) is 1.54. The lowest BCUT2D eigenvalue weighted by Gasteiger charge is -2.28. The number of amides is 1. The molecule has 7 heteroatoms. The quantitative estimate of drug-likeness (QED) is 0.418. The second-order valence-electron chi connectivity index (χ2n) is 8.45. The molecule has 1 aliphatic heterocycles. The Labute approximate surface area is 190 Å². The average Bonchev–Trinajstić information content (AvgIpc) is 2.79. The van der Waals surface area contributed by atoms with Crippen molar-refractivity contribution in [3.05, 3.63) is 71.8 Å². The number of ether oxygens (including phenoxy) is 1.